The normalized spacial score (nSPS) is 9.81. The van der Waals surface area contributed by atoms with Crippen LogP contribution in [0.3, 0.4) is 0 Å². The number of aromatic nitrogens is 3. The van der Waals surface area contributed by atoms with Crippen molar-refractivity contribution < 1.29 is 4.79 Å². The summed E-state index contributed by atoms with van der Waals surface area (Å²) in [4.78, 5) is 23.4. The molecular formula is C10H7BrN4O. The van der Waals surface area contributed by atoms with Crippen LogP contribution in [0.5, 0.6) is 0 Å². The molecule has 0 spiro atoms. The predicted molar refractivity (Wildman–Crippen MR) is 61.9 cm³/mol. The molecule has 0 bridgehead atoms. The van der Waals surface area contributed by atoms with Gasteiger partial charge in [-0.15, -0.1) is 0 Å². The van der Waals surface area contributed by atoms with Crippen molar-refractivity contribution in [2.75, 3.05) is 5.32 Å². The van der Waals surface area contributed by atoms with Crippen LogP contribution in [0.15, 0.2) is 41.5 Å². The van der Waals surface area contributed by atoms with Crippen molar-refractivity contribution in [2.45, 2.75) is 0 Å². The van der Waals surface area contributed by atoms with Crippen molar-refractivity contribution in [3.05, 3.63) is 47.1 Å². The molecule has 0 saturated heterocycles. The lowest BCUT2D eigenvalue weighted by molar-refractivity contribution is 0.102. The fourth-order valence-electron chi connectivity index (χ4n) is 1.09. The van der Waals surface area contributed by atoms with E-state index in [4.69, 9.17) is 0 Å². The first-order valence-electron chi connectivity index (χ1n) is 4.43. The number of hydrogen-bond donors (Lipinski definition) is 1. The van der Waals surface area contributed by atoms with Crippen LogP contribution in [0, 0.1) is 0 Å². The van der Waals surface area contributed by atoms with Crippen LogP contribution in [0.4, 0.5) is 5.82 Å². The number of carbonyl (C=O) groups excluding carboxylic acids is 1. The lowest BCUT2D eigenvalue weighted by Crippen LogP contribution is -2.13. The van der Waals surface area contributed by atoms with Gasteiger partial charge in [-0.3, -0.25) is 14.8 Å². The molecule has 0 aliphatic carbocycles. The monoisotopic (exact) mass is 278 g/mol. The first kappa shape index (κ1) is 10.7. The summed E-state index contributed by atoms with van der Waals surface area (Å²) in [5.74, 6) is 0.141. The first-order chi connectivity index (χ1) is 7.75. The number of amides is 1. The van der Waals surface area contributed by atoms with Gasteiger partial charge in [-0.05, 0) is 22.0 Å². The molecule has 0 aromatic carbocycles. The highest BCUT2D eigenvalue weighted by Gasteiger charge is 2.07. The third-order valence-corrected chi connectivity index (χ3v) is 2.21. The second-order valence-corrected chi connectivity index (χ2v) is 3.85. The Bertz CT molecular complexity index is 503. The number of pyridine rings is 1. The molecule has 1 amide bonds. The van der Waals surface area contributed by atoms with E-state index in [9.17, 15) is 4.79 Å². The van der Waals surface area contributed by atoms with E-state index in [1.54, 1.807) is 12.3 Å². The summed E-state index contributed by atoms with van der Waals surface area (Å²) in [6, 6.07) is 1.68. The van der Waals surface area contributed by atoms with E-state index in [1.165, 1.54) is 24.8 Å². The second kappa shape index (κ2) is 4.80. The van der Waals surface area contributed by atoms with E-state index in [2.05, 4.69) is 36.2 Å². The van der Waals surface area contributed by atoms with Crippen molar-refractivity contribution >= 4 is 27.7 Å². The Morgan fingerprint density at radius 1 is 1.19 bits per heavy atom. The van der Waals surface area contributed by atoms with Crippen molar-refractivity contribution in [1.82, 2.24) is 15.0 Å². The highest BCUT2D eigenvalue weighted by atomic mass is 79.9. The van der Waals surface area contributed by atoms with Gasteiger partial charge >= 0.3 is 0 Å². The zero-order valence-corrected chi connectivity index (χ0v) is 9.68. The molecule has 80 valence electrons. The molecule has 0 saturated carbocycles. The molecule has 2 aromatic rings. The molecule has 1 N–H and O–H groups in total. The maximum Gasteiger partial charge on any atom is 0.258 e. The maximum atomic E-state index is 11.7. The van der Waals surface area contributed by atoms with E-state index in [0.29, 0.717) is 11.4 Å². The average Bonchev–Trinajstić information content (AvgIpc) is 2.30. The molecule has 0 aliphatic rings. The Morgan fingerprint density at radius 2 is 2.06 bits per heavy atom. The topological polar surface area (TPSA) is 67.8 Å². The van der Waals surface area contributed by atoms with Crippen LogP contribution in [0.25, 0.3) is 0 Å². The summed E-state index contributed by atoms with van der Waals surface area (Å²) in [6.45, 7) is 0. The number of nitrogens with zero attached hydrogens (tertiary/aromatic N) is 3. The quantitative estimate of drug-likeness (QED) is 0.911. The number of rotatable bonds is 2. The van der Waals surface area contributed by atoms with Crippen LogP contribution in [-0.2, 0) is 0 Å². The molecule has 0 aliphatic heterocycles. The van der Waals surface area contributed by atoms with Crippen LogP contribution < -0.4 is 5.32 Å². The molecule has 0 radical (unpaired) electrons. The minimum Gasteiger partial charge on any atom is -0.305 e. The number of carbonyl (C=O) groups is 1. The van der Waals surface area contributed by atoms with Gasteiger partial charge in [0.2, 0.25) is 0 Å². The van der Waals surface area contributed by atoms with Gasteiger partial charge in [0, 0.05) is 29.3 Å². The standard InChI is InChI=1S/C10H7BrN4O/c11-8-3-7(4-13-5-8)10(16)15-9-6-12-1-2-14-9/h1-6H,(H,14,15,16). The van der Waals surface area contributed by atoms with Crippen molar-refractivity contribution in [3.8, 4) is 0 Å². The first-order valence-corrected chi connectivity index (χ1v) is 5.23. The molecule has 0 atom stereocenters. The summed E-state index contributed by atoms with van der Waals surface area (Å²) in [5.41, 5.74) is 0.458. The summed E-state index contributed by atoms with van der Waals surface area (Å²) >= 11 is 3.25. The van der Waals surface area contributed by atoms with Crippen LogP contribution in [0.1, 0.15) is 10.4 Å². The molecule has 0 unspecified atom stereocenters. The molecule has 0 fully saturated rings. The summed E-state index contributed by atoms with van der Waals surface area (Å²) < 4.78 is 0.749. The van der Waals surface area contributed by atoms with E-state index in [1.807, 2.05) is 0 Å². The zero-order valence-electron chi connectivity index (χ0n) is 8.09. The fraction of sp³-hybridized carbons (Fsp3) is 0. The van der Waals surface area contributed by atoms with Gasteiger partial charge in [0.1, 0.15) is 0 Å². The molecule has 2 aromatic heterocycles. The van der Waals surface area contributed by atoms with Gasteiger partial charge in [-0.1, -0.05) is 0 Å². The average molecular weight is 279 g/mol. The number of anilines is 1. The Balaban J connectivity index is 2.15. The van der Waals surface area contributed by atoms with Crippen molar-refractivity contribution in [2.24, 2.45) is 0 Å². The van der Waals surface area contributed by atoms with Gasteiger partial charge in [0.05, 0.1) is 11.8 Å². The highest BCUT2D eigenvalue weighted by molar-refractivity contribution is 9.10. The Kier molecular flexibility index (Phi) is 3.21. The van der Waals surface area contributed by atoms with Gasteiger partial charge in [-0.25, -0.2) is 4.98 Å². The van der Waals surface area contributed by atoms with E-state index >= 15 is 0 Å². The fourth-order valence-corrected chi connectivity index (χ4v) is 1.45. The predicted octanol–water partition coefficient (Wildman–Crippen LogP) is 1.89. The molecule has 6 heteroatoms. The summed E-state index contributed by atoms with van der Waals surface area (Å²) in [6.07, 6.45) is 7.62. The molecule has 2 rings (SSSR count). The lowest BCUT2D eigenvalue weighted by Gasteiger charge is -2.03. The minimum atomic E-state index is -0.269. The van der Waals surface area contributed by atoms with Crippen molar-refractivity contribution in [1.29, 1.82) is 0 Å². The van der Waals surface area contributed by atoms with E-state index in [0.717, 1.165) is 4.47 Å². The molecule has 16 heavy (non-hydrogen) atoms. The van der Waals surface area contributed by atoms with E-state index < -0.39 is 0 Å². The van der Waals surface area contributed by atoms with Gasteiger partial charge in [0.15, 0.2) is 5.82 Å². The maximum absolute atomic E-state index is 11.7. The minimum absolute atomic E-state index is 0.269. The third kappa shape index (κ3) is 2.60. The van der Waals surface area contributed by atoms with Crippen molar-refractivity contribution in [3.63, 3.8) is 0 Å². The lowest BCUT2D eigenvalue weighted by atomic mass is 10.3. The molecule has 5 nitrogen and oxygen atoms in total. The second-order valence-electron chi connectivity index (χ2n) is 2.94. The van der Waals surface area contributed by atoms with Gasteiger partial charge < -0.3 is 5.32 Å². The van der Waals surface area contributed by atoms with Crippen LogP contribution in [-0.4, -0.2) is 20.9 Å². The number of nitrogens with one attached hydrogen (secondary N) is 1. The third-order valence-electron chi connectivity index (χ3n) is 1.77. The van der Waals surface area contributed by atoms with Crippen LogP contribution >= 0.6 is 15.9 Å². The summed E-state index contributed by atoms with van der Waals surface area (Å²) in [5, 5.41) is 2.61. The highest BCUT2D eigenvalue weighted by Crippen LogP contribution is 2.10. The largest absolute Gasteiger partial charge is 0.305 e. The molecule has 2 heterocycles. The SMILES string of the molecule is O=C(Nc1cnccn1)c1cncc(Br)c1. The van der Waals surface area contributed by atoms with E-state index in [-0.39, 0.29) is 5.91 Å². The molecular weight excluding hydrogens is 272 g/mol. The van der Waals surface area contributed by atoms with Crippen LogP contribution in [0.2, 0.25) is 0 Å². The Hall–Kier alpha value is -1.82. The smallest absolute Gasteiger partial charge is 0.258 e. The number of hydrogen-bond acceptors (Lipinski definition) is 4. The Labute approximate surface area is 100 Å². The van der Waals surface area contributed by atoms with Gasteiger partial charge in [0.25, 0.3) is 5.91 Å². The number of halogens is 1. The van der Waals surface area contributed by atoms with Gasteiger partial charge in [-0.2, -0.15) is 0 Å². The summed E-state index contributed by atoms with van der Waals surface area (Å²) in [7, 11) is 0. The zero-order chi connectivity index (χ0) is 11.4. The Morgan fingerprint density at radius 3 is 2.75 bits per heavy atom.